The summed E-state index contributed by atoms with van der Waals surface area (Å²) >= 11 is 0. The van der Waals surface area contributed by atoms with Gasteiger partial charge in [-0.2, -0.15) is 5.10 Å². The van der Waals surface area contributed by atoms with E-state index in [9.17, 15) is 4.79 Å². The highest BCUT2D eigenvalue weighted by atomic mass is 28.4. The van der Waals surface area contributed by atoms with Crippen LogP contribution in [0.2, 0.25) is 18.1 Å². The Morgan fingerprint density at radius 3 is 2.50 bits per heavy atom. The molecule has 5 heteroatoms. The molecule has 0 N–H and O–H groups in total. The number of hydrazone groups is 1. The molecule has 0 spiro atoms. The molecule has 120 valence electrons. The van der Waals surface area contributed by atoms with Gasteiger partial charge in [0, 0.05) is 18.2 Å². The smallest absolute Gasteiger partial charge is 0.274 e. The van der Waals surface area contributed by atoms with E-state index < -0.39 is 8.32 Å². The molecule has 1 amide bonds. The van der Waals surface area contributed by atoms with Crippen LogP contribution in [0.1, 0.15) is 37.6 Å². The normalized spacial score (nSPS) is 19.3. The van der Waals surface area contributed by atoms with E-state index in [2.05, 4.69) is 39.0 Å². The Morgan fingerprint density at radius 1 is 1.27 bits per heavy atom. The molecule has 1 heterocycles. The molecule has 1 aromatic rings. The third-order valence-electron chi connectivity index (χ3n) is 4.49. The van der Waals surface area contributed by atoms with Crippen molar-refractivity contribution in [3.8, 4) is 0 Å². The number of hydrogen-bond acceptors (Lipinski definition) is 3. The van der Waals surface area contributed by atoms with Crippen molar-refractivity contribution in [2.24, 2.45) is 5.10 Å². The summed E-state index contributed by atoms with van der Waals surface area (Å²) in [7, 11) is -1.84. The zero-order valence-electron chi connectivity index (χ0n) is 14.2. The van der Waals surface area contributed by atoms with Crippen molar-refractivity contribution in [1.82, 2.24) is 5.01 Å². The van der Waals surface area contributed by atoms with Crippen molar-refractivity contribution in [2.45, 2.75) is 51.4 Å². The van der Waals surface area contributed by atoms with Crippen molar-refractivity contribution in [3.63, 3.8) is 0 Å². The first-order valence-electron chi connectivity index (χ1n) is 7.78. The molecular formula is C17H26N2O2Si. The number of rotatable bonds is 3. The van der Waals surface area contributed by atoms with Crippen LogP contribution in [0.15, 0.2) is 35.4 Å². The molecule has 22 heavy (non-hydrogen) atoms. The van der Waals surface area contributed by atoms with Gasteiger partial charge >= 0.3 is 0 Å². The fourth-order valence-corrected chi connectivity index (χ4v) is 3.48. The summed E-state index contributed by atoms with van der Waals surface area (Å²) in [5.74, 6) is -0.0691. The summed E-state index contributed by atoms with van der Waals surface area (Å²) < 4.78 is 6.41. The molecule has 0 aromatic heterocycles. The standard InChI is InChI=1S/C17H26N2O2Si/c1-17(2,3)22(4,5)21-15-11-12-18-19(13-15)16(20)14-9-7-6-8-10-14/h6-10,12,15H,11,13H2,1-5H3/t15-/m0/s1. The predicted molar refractivity (Wildman–Crippen MR) is 92.7 cm³/mol. The summed E-state index contributed by atoms with van der Waals surface area (Å²) in [6.45, 7) is 11.7. The van der Waals surface area contributed by atoms with E-state index in [-0.39, 0.29) is 17.0 Å². The van der Waals surface area contributed by atoms with Crippen molar-refractivity contribution < 1.29 is 9.22 Å². The third-order valence-corrected chi connectivity index (χ3v) is 9.02. The summed E-state index contributed by atoms with van der Waals surface area (Å²) in [6.07, 6.45) is 2.60. The van der Waals surface area contributed by atoms with E-state index in [0.717, 1.165) is 6.42 Å². The van der Waals surface area contributed by atoms with E-state index >= 15 is 0 Å². The van der Waals surface area contributed by atoms with Gasteiger partial charge in [-0.1, -0.05) is 39.0 Å². The van der Waals surface area contributed by atoms with Crippen LogP contribution in [-0.4, -0.2) is 38.1 Å². The molecule has 0 saturated carbocycles. The molecule has 1 aliphatic rings. The Kier molecular flexibility index (Phi) is 4.87. The molecule has 0 fully saturated rings. The van der Waals surface area contributed by atoms with Gasteiger partial charge < -0.3 is 4.43 Å². The fraction of sp³-hybridized carbons (Fsp3) is 0.529. The largest absolute Gasteiger partial charge is 0.412 e. The van der Waals surface area contributed by atoms with Crippen molar-refractivity contribution in [1.29, 1.82) is 0 Å². The molecule has 0 unspecified atom stereocenters. The molecule has 1 aliphatic heterocycles. The SMILES string of the molecule is CC(C)(C)[Si](C)(C)O[C@H]1CC=NN(C(=O)c2ccccc2)C1. The second kappa shape index (κ2) is 6.34. The molecule has 0 aliphatic carbocycles. The predicted octanol–water partition coefficient (Wildman–Crippen LogP) is 3.91. The van der Waals surface area contributed by atoms with Gasteiger partial charge in [0.25, 0.3) is 5.91 Å². The van der Waals surface area contributed by atoms with Gasteiger partial charge in [0.15, 0.2) is 8.32 Å². The lowest BCUT2D eigenvalue weighted by molar-refractivity contribution is 0.0629. The molecule has 1 aromatic carbocycles. The highest BCUT2D eigenvalue weighted by Gasteiger charge is 2.40. The van der Waals surface area contributed by atoms with Crippen LogP contribution < -0.4 is 0 Å². The van der Waals surface area contributed by atoms with Gasteiger partial charge in [0.2, 0.25) is 0 Å². The van der Waals surface area contributed by atoms with Gasteiger partial charge in [0.05, 0.1) is 12.6 Å². The summed E-state index contributed by atoms with van der Waals surface area (Å²) in [6, 6.07) is 9.26. The van der Waals surface area contributed by atoms with Crippen LogP contribution in [0.3, 0.4) is 0 Å². The van der Waals surface area contributed by atoms with E-state index in [1.54, 1.807) is 6.21 Å². The maximum Gasteiger partial charge on any atom is 0.274 e. The second-order valence-electron chi connectivity index (χ2n) is 7.29. The number of amides is 1. The number of carbonyl (C=O) groups excluding carboxylic acids is 1. The fourth-order valence-electron chi connectivity index (χ4n) is 2.12. The Morgan fingerprint density at radius 2 is 1.91 bits per heavy atom. The van der Waals surface area contributed by atoms with Crippen molar-refractivity contribution in [3.05, 3.63) is 35.9 Å². The molecule has 2 rings (SSSR count). The van der Waals surface area contributed by atoms with Crippen LogP contribution in [0.4, 0.5) is 0 Å². The lowest BCUT2D eigenvalue weighted by Gasteiger charge is -2.40. The molecule has 1 atom stereocenters. The number of nitrogens with zero attached hydrogens (tertiary/aromatic N) is 2. The van der Waals surface area contributed by atoms with Crippen LogP contribution in [-0.2, 0) is 4.43 Å². The topological polar surface area (TPSA) is 41.9 Å². The average molecular weight is 318 g/mol. The number of hydrogen-bond donors (Lipinski definition) is 0. The monoisotopic (exact) mass is 318 g/mol. The lowest BCUT2D eigenvalue weighted by atomic mass is 10.2. The second-order valence-corrected chi connectivity index (χ2v) is 12.0. The molecular weight excluding hydrogens is 292 g/mol. The molecule has 0 saturated heterocycles. The molecule has 0 radical (unpaired) electrons. The van der Waals surface area contributed by atoms with E-state index in [1.165, 1.54) is 5.01 Å². The number of benzene rings is 1. The van der Waals surface area contributed by atoms with Gasteiger partial charge in [-0.05, 0) is 30.3 Å². The molecule has 4 nitrogen and oxygen atoms in total. The highest BCUT2D eigenvalue weighted by molar-refractivity contribution is 6.74. The average Bonchev–Trinajstić information content (AvgIpc) is 2.46. The quantitative estimate of drug-likeness (QED) is 0.793. The first-order chi connectivity index (χ1) is 10.2. The van der Waals surface area contributed by atoms with Crippen molar-refractivity contribution >= 4 is 20.4 Å². The minimum absolute atomic E-state index is 0.0334. The van der Waals surface area contributed by atoms with E-state index in [0.29, 0.717) is 12.1 Å². The summed E-state index contributed by atoms with van der Waals surface area (Å²) in [5, 5.41) is 5.93. The minimum atomic E-state index is -1.84. The highest BCUT2D eigenvalue weighted by Crippen LogP contribution is 2.37. The van der Waals surface area contributed by atoms with Gasteiger partial charge in [0.1, 0.15) is 0 Å². The lowest BCUT2D eigenvalue weighted by Crippen LogP contribution is -2.48. The minimum Gasteiger partial charge on any atom is -0.412 e. The van der Waals surface area contributed by atoms with E-state index in [1.807, 2.05) is 30.3 Å². The van der Waals surface area contributed by atoms with Gasteiger partial charge in [-0.3, -0.25) is 4.79 Å². The third kappa shape index (κ3) is 3.84. The Hall–Kier alpha value is -1.46. The van der Waals surface area contributed by atoms with Crippen molar-refractivity contribution in [2.75, 3.05) is 6.54 Å². The summed E-state index contributed by atoms with van der Waals surface area (Å²) in [4.78, 5) is 12.5. The zero-order chi connectivity index (χ0) is 16.4. The van der Waals surface area contributed by atoms with Gasteiger partial charge in [-0.25, -0.2) is 5.01 Å². The Bertz CT molecular complexity index is 550. The Balaban J connectivity index is 2.05. The van der Waals surface area contributed by atoms with Crippen LogP contribution in [0, 0.1) is 0 Å². The maximum atomic E-state index is 12.5. The first-order valence-corrected chi connectivity index (χ1v) is 10.7. The van der Waals surface area contributed by atoms with Gasteiger partial charge in [-0.15, -0.1) is 0 Å². The Labute approximate surface area is 134 Å². The maximum absolute atomic E-state index is 12.5. The van der Waals surface area contributed by atoms with Crippen LogP contribution >= 0.6 is 0 Å². The van der Waals surface area contributed by atoms with Crippen LogP contribution in [0.5, 0.6) is 0 Å². The summed E-state index contributed by atoms with van der Waals surface area (Å²) in [5.41, 5.74) is 0.660. The molecule has 0 bridgehead atoms. The van der Waals surface area contributed by atoms with Crippen LogP contribution in [0.25, 0.3) is 0 Å². The van der Waals surface area contributed by atoms with E-state index in [4.69, 9.17) is 4.43 Å². The zero-order valence-corrected chi connectivity index (χ0v) is 15.2. The number of carbonyl (C=O) groups is 1. The first kappa shape index (κ1) is 16.9.